The van der Waals surface area contributed by atoms with Crippen molar-refractivity contribution in [3.63, 3.8) is 0 Å². The lowest BCUT2D eigenvalue weighted by molar-refractivity contribution is -0.145. The molecule has 0 aromatic carbocycles. The molecule has 10 nitrogen and oxygen atoms in total. The van der Waals surface area contributed by atoms with Crippen LogP contribution in [0.5, 0.6) is 0 Å². The van der Waals surface area contributed by atoms with Gasteiger partial charge in [0.25, 0.3) is 0 Å². The highest BCUT2D eigenvalue weighted by molar-refractivity contribution is 5.90. The van der Waals surface area contributed by atoms with Crippen LogP contribution < -0.4 is 22.1 Å². The summed E-state index contributed by atoms with van der Waals surface area (Å²) in [5.41, 5.74) is 10.6. The Bertz CT molecular complexity index is 642. The third-order valence-corrected chi connectivity index (χ3v) is 6.11. The summed E-state index contributed by atoms with van der Waals surface area (Å²) in [5, 5.41) is 14.9. The fourth-order valence-electron chi connectivity index (χ4n) is 4.52. The summed E-state index contributed by atoms with van der Waals surface area (Å²) in [7, 11) is 0. The maximum Gasteiger partial charge on any atom is 0.317 e. The van der Waals surface area contributed by atoms with Crippen LogP contribution in [0.2, 0.25) is 0 Å². The van der Waals surface area contributed by atoms with E-state index in [1.807, 2.05) is 0 Å². The number of halogens is 2. The van der Waals surface area contributed by atoms with Crippen LogP contribution in [-0.2, 0) is 14.4 Å². The molecule has 2 rings (SSSR count). The fourth-order valence-corrected chi connectivity index (χ4v) is 4.52. The number of rotatable bonds is 11. The molecule has 0 aromatic rings. The van der Waals surface area contributed by atoms with Crippen molar-refractivity contribution in [2.75, 3.05) is 26.2 Å². The highest BCUT2D eigenvalue weighted by Crippen LogP contribution is 2.28. The maximum absolute atomic E-state index is 13.4. The third-order valence-electron chi connectivity index (χ3n) is 6.11. The molecular weight excluding hydrogens is 471 g/mol. The first kappa shape index (κ1) is 31.2. The second kappa shape index (κ2) is 16.8. The van der Waals surface area contributed by atoms with Crippen molar-refractivity contribution >= 4 is 48.6 Å². The Kier molecular flexibility index (Phi) is 15.9. The molecule has 0 aromatic heterocycles. The Morgan fingerprint density at radius 3 is 2.33 bits per heavy atom. The normalized spacial score (nSPS) is 19.4. The van der Waals surface area contributed by atoms with E-state index in [2.05, 4.69) is 15.6 Å². The molecule has 2 fully saturated rings. The smallest absolute Gasteiger partial charge is 0.317 e. The summed E-state index contributed by atoms with van der Waals surface area (Å²) in [6.45, 7) is 1.11. The minimum atomic E-state index is -0.991. The number of carboxylic acid groups (broad SMARTS) is 1. The van der Waals surface area contributed by atoms with E-state index in [0.717, 1.165) is 38.5 Å². The fraction of sp³-hybridized carbons (Fsp3) is 0.810. The first-order valence-corrected chi connectivity index (χ1v) is 11.5. The van der Waals surface area contributed by atoms with Gasteiger partial charge in [-0.2, -0.15) is 0 Å². The van der Waals surface area contributed by atoms with E-state index in [1.165, 1.54) is 6.42 Å². The molecule has 0 radical (unpaired) electrons. The Morgan fingerprint density at radius 1 is 1.03 bits per heavy atom. The molecule has 2 aliphatic rings. The number of carbonyl (C=O) groups is 3. The van der Waals surface area contributed by atoms with Crippen molar-refractivity contribution < 1.29 is 19.5 Å². The average molecular weight is 511 g/mol. The molecule has 1 aliphatic heterocycles. The number of carboxylic acids is 1. The number of hydrogen-bond donors (Lipinski definition) is 5. The van der Waals surface area contributed by atoms with Crippen LogP contribution in [0.25, 0.3) is 0 Å². The molecule has 1 saturated heterocycles. The zero-order chi connectivity index (χ0) is 22.6. The summed E-state index contributed by atoms with van der Waals surface area (Å²) >= 11 is 0. The molecule has 0 spiro atoms. The van der Waals surface area contributed by atoms with Gasteiger partial charge < -0.3 is 26.8 Å². The van der Waals surface area contributed by atoms with E-state index in [4.69, 9.17) is 16.6 Å². The number of nitrogens with one attached hydrogen (secondary N) is 2. The number of piperidine rings is 1. The quantitative estimate of drug-likeness (QED) is 0.157. The van der Waals surface area contributed by atoms with Gasteiger partial charge in [0.2, 0.25) is 11.8 Å². The Morgan fingerprint density at radius 2 is 1.70 bits per heavy atom. The van der Waals surface area contributed by atoms with Gasteiger partial charge >= 0.3 is 5.97 Å². The van der Waals surface area contributed by atoms with E-state index in [0.29, 0.717) is 44.8 Å². The molecule has 1 heterocycles. The SMILES string of the molecule is Cl.Cl.NC(N)=NCCCNC(=O)[C@@H]1CCCCN1C(=O)[C@@H](CC1CCCCC1)NCC(=O)O. The Labute approximate surface area is 208 Å². The highest BCUT2D eigenvalue weighted by atomic mass is 35.5. The minimum Gasteiger partial charge on any atom is -0.480 e. The van der Waals surface area contributed by atoms with Gasteiger partial charge in [0, 0.05) is 19.6 Å². The van der Waals surface area contributed by atoms with Crippen LogP contribution in [0, 0.1) is 5.92 Å². The number of hydrogen-bond acceptors (Lipinski definition) is 5. The minimum absolute atomic E-state index is 0. The lowest BCUT2D eigenvalue weighted by Crippen LogP contribution is -2.57. The van der Waals surface area contributed by atoms with Crippen LogP contribution >= 0.6 is 24.8 Å². The molecule has 1 aliphatic carbocycles. The molecule has 2 atom stereocenters. The second-order valence-corrected chi connectivity index (χ2v) is 8.56. The number of likely N-dealkylation sites (tertiary alicyclic amines) is 1. The van der Waals surface area contributed by atoms with E-state index in [-0.39, 0.29) is 49.1 Å². The molecule has 1 saturated carbocycles. The number of nitrogens with two attached hydrogens (primary N) is 2. The number of guanidine groups is 1. The van der Waals surface area contributed by atoms with Crippen LogP contribution in [-0.4, -0.2) is 72.0 Å². The lowest BCUT2D eigenvalue weighted by Gasteiger charge is -2.38. The van der Waals surface area contributed by atoms with Gasteiger partial charge in [-0.3, -0.25) is 24.7 Å². The standard InChI is InChI=1S/C21H38N6O4.2ClH/c22-21(23)25-11-6-10-24-19(30)17-9-4-5-12-27(17)20(31)16(26-14-18(28)29)13-15-7-2-1-3-8-15;;/h15-17,26H,1-14H2,(H,24,30)(H,28,29)(H4,22,23,25);2*1H/t16-,17+;;/m1../s1. The highest BCUT2D eigenvalue weighted by Gasteiger charge is 2.36. The number of aliphatic carboxylic acids is 1. The van der Waals surface area contributed by atoms with Crippen LogP contribution in [0.1, 0.15) is 64.2 Å². The first-order valence-electron chi connectivity index (χ1n) is 11.5. The maximum atomic E-state index is 13.4. The van der Waals surface area contributed by atoms with Gasteiger partial charge in [0.15, 0.2) is 5.96 Å². The molecule has 192 valence electrons. The number of amides is 2. The summed E-state index contributed by atoms with van der Waals surface area (Å²) in [6, 6.07) is -1.10. The molecule has 33 heavy (non-hydrogen) atoms. The van der Waals surface area contributed by atoms with Gasteiger partial charge in [-0.05, 0) is 38.0 Å². The summed E-state index contributed by atoms with van der Waals surface area (Å²) in [6.07, 6.45) is 9.22. The van der Waals surface area contributed by atoms with Gasteiger partial charge in [-0.25, -0.2) is 0 Å². The molecular formula is C21H40Cl2N6O4. The number of nitrogens with zero attached hydrogens (tertiary/aromatic N) is 2. The predicted molar refractivity (Wildman–Crippen MR) is 133 cm³/mol. The van der Waals surface area contributed by atoms with E-state index in [9.17, 15) is 14.4 Å². The largest absolute Gasteiger partial charge is 0.480 e. The molecule has 12 heteroatoms. The van der Waals surface area contributed by atoms with Crippen LogP contribution in [0.3, 0.4) is 0 Å². The van der Waals surface area contributed by atoms with Crippen molar-refractivity contribution in [2.24, 2.45) is 22.4 Å². The van der Waals surface area contributed by atoms with Crippen molar-refractivity contribution in [3.8, 4) is 0 Å². The van der Waals surface area contributed by atoms with Gasteiger partial charge in [0.1, 0.15) is 6.04 Å². The van der Waals surface area contributed by atoms with Crippen LogP contribution in [0.15, 0.2) is 4.99 Å². The number of aliphatic imine (C=N–C) groups is 1. The monoisotopic (exact) mass is 510 g/mol. The Hall–Kier alpha value is -1.78. The van der Waals surface area contributed by atoms with Crippen LogP contribution in [0.4, 0.5) is 0 Å². The molecule has 0 unspecified atom stereocenters. The van der Waals surface area contributed by atoms with Crippen molar-refractivity contribution in [1.29, 1.82) is 0 Å². The summed E-state index contributed by atoms with van der Waals surface area (Å²) in [4.78, 5) is 42.8. The summed E-state index contributed by atoms with van der Waals surface area (Å²) in [5.74, 6) is -0.889. The lowest BCUT2D eigenvalue weighted by atomic mass is 9.84. The van der Waals surface area contributed by atoms with Crippen molar-refractivity contribution in [2.45, 2.75) is 76.3 Å². The van der Waals surface area contributed by atoms with Crippen molar-refractivity contribution in [1.82, 2.24) is 15.5 Å². The predicted octanol–water partition coefficient (Wildman–Crippen LogP) is 1.00. The second-order valence-electron chi connectivity index (χ2n) is 8.56. The first-order chi connectivity index (χ1) is 14.9. The van der Waals surface area contributed by atoms with E-state index >= 15 is 0 Å². The van der Waals surface area contributed by atoms with Gasteiger partial charge in [0.05, 0.1) is 12.6 Å². The van der Waals surface area contributed by atoms with Crippen molar-refractivity contribution in [3.05, 3.63) is 0 Å². The topological polar surface area (TPSA) is 163 Å². The summed E-state index contributed by atoms with van der Waals surface area (Å²) < 4.78 is 0. The molecule has 0 bridgehead atoms. The zero-order valence-electron chi connectivity index (χ0n) is 19.2. The van der Waals surface area contributed by atoms with Gasteiger partial charge in [-0.15, -0.1) is 24.8 Å². The third kappa shape index (κ3) is 11.3. The molecule has 7 N–H and O–H groups in total. The Balaban J connectivity index is 0.00000512. The van der Waals surface area contributed by atoms with E-state index < -0.39 is 18.1 Å². The van der Waals surface area contributed by atoms with E-state index in [1.54, 1.807) is 4.90 Å². The van der Waals surface area contributed by atoms with Gasteiger partial charge in [-0.1, -0.05) is 32.1 Å². The number of carbonyl (C=O) groups excluding carboxylic acids is 2. The zero-order valence-corrected chi connectivity index (χ0v) is 20.8. The molecule has 2 amide bonds. The average Bonchev–Trinajstić information content (AvgIpc) is 2.76.